The molecule has 0 atom stereocenters. The molecule has 0 aliphatic rings. The number of thiophene rings is 1. The molecule has 0 aliphatic heterocycles. The van der Waals surface area contributed by atoms with Crippen LogP contribution in [0.5, 0.6) is 0 Å². The normalized spacial score (nSPS) is 11.6. The number of hydrogen-bond acceptors (Lipinski definition) is 7. The van der Waals surface area contributed by atoms with Gasteiger partial charge < -0.3 is 4.74 Å². The molecule has 0 radical (unpaired) electrons. The molecule has 3 rings (SSSR count). The molecule has 0 unspecified atom stereocenters. The second-order valence-electron chi connectivity index (χ2n) is 7.90. The van der Waals surface area contributed by atoms with Gasteiger partial charge in [-0.15, -0.1) is 11.3 Å². The van der Waals surface area contributed by atoms with Crippen LogP contribution in [0, 0.1) is 5.92 Å². The highest BCUT2D eigenvalue weighted by Gasteiger charge is 2.26. The molecule has 2 heterocycles. The summed E-state index contributed by atoms with van der Waals surface area (Å²) < 4.78 is 34.9. The topological polar surface area (TPSA) is 103 Å². The number of hydrogen-bond donors (Lipinski definition) is 1. The fraction of sp³-hybridized carbons (Fsp3) is 0.409. The summed E-state index contributed by atoms with van der Waals surface area (Å²) in [5.74, 6) is 0.370. The number of nitrogens with zero attached hydrogens (tertiary/aromatic N) is 3. The number of aromatic nitrogens is 3. The van der Waals surface area contributed by atoms with E-state index in [1.165, 1.54) is 17.7 Å². The van der Waals surface area contributed by atoms with Gasteiger partial charge >= 0.3 is 6.09 Å². The second-order valence-corrected chi connectivity index (χ2v) is 10.9. The molecule has 0 saturated carbocycles. The van der Waals surface area contributed by atoms with Crippen molar-refractivity contribution < 1.29 is 17.9 Å². The van der Waals surface area contributed by atoms with E-state index in [4.69, 9.17) is 4.74 Å². The van der Waals surface area contributed by atoms with E-state index in [0.717, 1.165) is 28.8 Å². The van der Waals surface area contributed by atoms with Crippen molar-refractivity contribution in [3.63, 3.8) is 0 Å². The summed E-state index contributed by atoms with van der Waals surface area (Å²) in [4.78, 5) is 16.9. The number of nitrogens with one attached hydrogen (secondary N) is 1. The molecule has 0 spiro atoms. The van der Waals surface area contributed by atoms with Gasteiger partial charge in [0.05, 0.1) is 13.2 Å². The molecule has 0 fully saturated rings. The first kappa shape index (κ1) is 23.9. The molecular weight excluding hydrogens is 448 g/mol. The lowest BCUT2D eigenvalue weighted by atomic mass is 10.0. The van der Waals surface area contributed by atoms with Crippen molar-refractivity contribution in [2.45, 2.75) is 50.8 Å². The average molecular weight is 477 g/mol. The number of rotatable bonds is 10. The second kappa shape index (κ2) is 10.7. The number of unbranched alkanes of at least 4 members (excludes halogenated alkanes) is 1. The SMILES string of the molecule is CCCCOC(=O)NS(=O)(=O)c1sc(CC(C)C)cc1-c1ccc(Cn2cncn2)cc1. The lowest BCUT2D eigenvalue weighted by Gasteiger charge is -2.09. The van der Waals surface area contributed by atoms with Crippen LogP contribution in [0.15, 0.2) is 47.2 Å². The zero-order valence-corrected chi connectivity index (χ0v) is 20.1. The van der Waals surface area contributed by atoms with E-state index in [-0.39, 0.29) is 10.8 Å². The Labute approximate surface area is 192 Å². The van der Waals surface area contributed by atoms with Crippen LogP contribution in [0.25, 0.3) is 11.1 Å². The first-order valence-electron chi connectivity index (χ1n) is 10.5. The Bertz CT molecular complexity index is 1120. The summed E-state index contributed by atoms with van der Waals surface area (Å²) in [6, 6.07) is 9.52. The maximum Gasteiger partial charge on any atom is 0.421 e. The summed E-state index contributed by atoms with van der Waals surface area (Å²) in [5.41, 5.74) is 2.35. The molecule has 2 aromatic heterocycles. The highest BCUT2D eigenvalue weighted by atomic mass is 32.2. The fourth-order valence-corrected chi connectivity index (χ4v) is 5.95. The first-order valence-corrected chi connectivity index (χ1v) is 12.8. The third-order valence-corrected chi connectivity index (χ3v) is 7.63. The van der Waals surface area contributed by atoms with Gasteiger partial charge in [-0.1, -0.05) is 51.5 Å². The number of benzene rings is 1. The highest BCUT2D eigenvalue weighted by Crippen LogP contribution is 2.36. The maximum absolute atomic E-state index is 13.0. The zero-order chi connectivity index (χ0) is 23.1. The van der Waals surface area contributed by atoms with Gasteiger partial charge in [-0.25, -0.2) is 27.6 Å². The smallest absolute Gasteiger partial charge is 0.421 e. The van der Waals surface area contributed by atoms with Crippen LogP contribution < -0.4 is 4.72 Å². The molecule has 1 amide bonds. The van der Waals surface area contributed by atoms with E-state index >= 15 is 0 Å². The van der Waals surface area contributed by atoms with Gasteiger partial charge in [-0.3, -0.25) is 0 Å². The summed E-state index contributed by atoms with van der Waals surface area (Å²) in [6.45, 7) is 6.87. The van der Waals surface area contributed by atoms with E-state index in [2.05, 4.69) is 28.7 Å². The molecule has 8 nitrogen and oxygen atoms in total. The number of sulfonamides is 1. The van der Waals surface area contributed by atoms with E-state index in [9.17, 15) is 13.2 Å². The standard InChI is InChI=1S/C22H28N4O4S2/c1-4-5-10-30-22(27)25-32(28,29)21-20(12-19(31-21)11-16(2)3)18-8-6-17(7-9-18)13-26-15-23-14-24-26/h6-9,12,14-16H,4-5,10-11,13H2,1-3H3,(H,25,27). The van der Waals surface area contributed by atoms with Gasteiger partial charge in [0.15, 0.2) is 0 Å². The number of carbonyl (C=O) groups excluding carboxylic acids is 1. The van der Waals surface area contributed by atoms with E-state index in [1.54, 1.807) is 11.0 Å². The zero-order valence-electron chi connectivity index (χ0n) is 18.4. The summed E-state index contributed by atoms with van der Waals surface area (Å²) in [7, 11) is -4.07. The van der Waals surface area contributed by atoms with Crippen LogP contribution in [-0.2, 0) is 27.7 Å². The van der Waals surface area contributed by atoms with Gasteiger partial charge in [-0.05, 0) is 36.0 Å². The van der Waals surface area contributed by atoms with Gasteiger partial charge in [0, 0.05) is 10.4 Å². The molecule has 10 heteroatoms. The minimum atomic E-state index is -4.07. The first-order chi connectivity index (χ1) is 15.3. The van der Waals surface area contributed by atoms with Gasteiger partial charge in [0.25, 0.3) is 10.0 Å². The Balaban J connectivity index is 1.87. The Kier molecular flexibility index (Phi) is 8.03. The maximum atomic E-state index is 13.0. The largest absolute Gasteiger partial charge is 0.449 e. The van der Waals surface area contributed by atoms with Crippen LogP contribution in [0.4, 0.5) is 4.79 Å². The Hall–Kier alpha value is -2.72. The van der Waals surface area contributed by atoms with Crippen molar-refractivity contribution in [1.29, 1.82) is 0 Å². The summed E-state index contributed by atoms with van der Waals surface area (Å²) in [6.07, 6.45) is 4.44. The van der Waals surface area contributed by atoms with E-state index in [0.29, 0.717) is 24.4 Å². The number of ether oxygens (including phenoxy) is 1. The van der Waals surface area contributed by atoms with Gasteiger partial charge in [-0.2, -0.15) is 5.10 Å². The van der Waals surface area contributed by atoms with Crippen LogP contribution in [0.2, 0.25) is 0 Å². The predicted molar refractivity (Wildman–Crippen MR) is 124 cm³/mol. The molecule has 172 valence electrons. The monoisotopic (exact) mass is 476 g/mol. The average Bonchev–Trinajstić information content (AvgIpc) is 3.38. The van der Waals surface area contributed by atoms with Crippen molar-refractivity contribution in [1.82, 2.24) is 19.5 Å². The minimum absolute atomic E-state index is 0.115. The van der Waals surface area contributed by atoms with Crippen molar-refractivity contribution in [3.8, 4) is 11.1 Å². The number of amides is 1. The van der Waals surface area contributed by atoms with Crippen molar-refractivity contribution in [2.24, 2.45) is 5.92 Å². The highest BCUT2D eigenvalue weighted by molar-refractivity contribution is 7.92. The Morgan fingerprint density at radius 3 is 2.62 bits per heavy atom. The van der Waals surface area contributed by atoms with Gasteiger partial charge in [0.1, 0.15) is 16.9 Å². The molecule has 32 heavy (non-hydrogen) atoms. The summed E-state index contributed by atoms with van der Waals surface area (Å²) in [5, 5.41) is 4.10. The molecule has 0 aliphatic carbocycles. The van der Waals surface area contributed by atoms with Crippen LogP contribution in [0.3, 0.4) is 0 Å². The third-order valence-electron chi connectivity index (χ3n) is 4.63. The van der Waals surface area contributed by atoms with E-state index in [1.807, 2.05) is 37.3 Å². The van der Waals surface area contributed by atoms with Crippen LogP contribution in [-0.4, -0.2) is 35.9 Å². The molecule has 0 bridgehead atoms. The van der Waals surface area contributed by atoms with Crippen molar-refractivity contribution in [2.75, 3.05) is 6.61 Å². The van der Waals surface area contributed by atoms with Crippen LogP contribution in [0.1, 0.15) is 44.1 Å². The van der Waals surface area contributed by atoms with E-state index < -0.39 is 16.1 Å². The van der Waals surface area contributed by atoms with Crippen LogP contribution >= 0.6 is 11.3 Å². The van der Waals surface area contributed by atoms with Crippen molar-refractivity contribution >= 4 is 27.5 Å². The molecule has 0 saturated heterocycles. The fourth-order valence-electron chi connectivity index (χ4n) is 3.11. The third kappa shape index (κ3) is 6.39. The minimum Gasteiger partial charge on any atom is -0.449 e. The number of carbonyl (C=O) groups is 1. The van der Waals surface area contributed by atoms with Gasteiger partial charge in [0.2, 0.25) is 0 Å². The molecular formula is C22H28N4O4S2. The quantitative estimate of drug-likeness (QED) is 0.433. The lowest BCUT2D eigenvalue weighted by molar-refractivity contribution is 0.151. The summed E-state index contributed by atoms with van der Waals surface area (Å²) >= 11 is 1.19. The predicted octanol–water partition coefficient (Wildman–Crippen LogP) is 4.47. The Morgan fingerprint density at radius 2 is 2.00 bits per heavy atom. The van der Waals surface area contributed by atoms with Crippen molar-refractivity contribution in [3.05, 3.63) is 53.4 Å². The molecule has 1 aromatic carbocycles. The molecule has 1 N–H and O–H groups in total. The Morgan fingerprint density at radius 1 is 1.25 bits per heavy atom. The lowest BCUT2D eigenvalue weighted by Crippen LogP contribution is -2.31. The molecule has 3 aromatic rings.